The van der Waals surface area contributed by atoms with Gasteiger partial charge in [0, 0.05) is 54.3 Å². The number of anilines is 1. The van der Waals surface area contributed by atoms with Gasteiger partial charge in [-0.2, -0.15) is 0 Å². The van der Waals surface area contributed by atoms with Crippen molar-refractivity contribution in [2.45, 2.75) is 81.5 Å². The highest BCUT2D eigenvalue weighted by molar-refractivity contribution is 6.33. The van der Waals surface area contributed by atoms with Gasteiger partial charge in [-0.15, -0.1) is 0 Å². The standard InChI is InChI=1S/C42H48ClN5O7/c1-41(27-9-5-3-6-10-27)19-20-42(44,23-36(41)48(40(53)54)28-11-7-4-8-12-28)18-17-38(52)46-32-22-35(55-2)26(21-31(32)43)24-45-25-34(50)29-13-15-33(49)39-30(29)14-16-37(51)47-39/h3,5-6,9-10,13-16,19-23,28,34,45,49-50H,4,7-8,11-12,17-18,24-25,44H2,1-2H3,(H,46,52)(H,47,51)(H,53,54)/t34-,41-,42-/m0/s1. The number of carboxylic acid groups (broad SMARTS) is 1. The van der Waals surface area contributed by atoms with Crippen molar-refractivity contribution < 1.29 is 29.6 Å². The number of amides is 2. The summed E-state index contributed by atoms with van der Waals surface area (Å²) in [5.74, 6) is 0.0438. The van der Waals surface area contributed by atoms with Crippen LogP contribution in [0.1, 0.15) is 74.7 Å². The molecule has 8 N–H and O–H groups in total. The molecule has 0 aliphatic heterocycles. The molecule has 2 amide bonds. The number of allylic oxidation sites excluding steroid dienone is 1. The average Bonchev–Trinajstić information content (AvgIpc) is 3.17. The van der Waals surface area contributed by atoms with Crippen molar-refractivity contribution in [3.63, 3.8) is 0 Å². The number of aliphatic hydroxyl groups is 1. The molecule has 13 heteroatoms. The van der Waals surface area contributed by atoms with Crippen molar-refractivity contribution in [2.75, 3.05) is 19.0 Å². The van der Waals surface area contributed by atoms with E-state index in [0.29, 0.717) is 33.6 Å². The highest BCUT2D eigenvalue weighted by atomic mass is 35.5. The number of H-pyrrole nitrogens is 1. The minimum atomic E-state index is -1.09. The molecule has 0 saturated heterocycles. The van der Waals surface area contributed by atoms with Gasteiger partial charge in [0.15, 0.2) is 0 Å². The summed E-state index contributed by atoms with van der Waals surface area (Å²) in [7, 11) is 1.50. The molecule has 3 aromatic carbocycles. The molecule has 1 fully saturated rings. The smallest absolute Gasteiger partial charge is 0.411 e. The number of hydrogen-bond donors (Lipinski definition) is 7. The van der Waals surface area contributed by atoms with E-state index in [2.05, 4.69) is 15.6 Å². The SMILES string of the molecule is COc1cc(NC(=O)CC[C@]2(N)C=C[C@@](C)(c3ccccc3)C(N(C(=O)O)C3CCCCC3)=C2)c(Cl)cc1CNC[C@H](O)c1ccc(O)c2[nH]c(=O)ccc12. The number of rotatable bonds is 13. The number of ether oxygens (including phenoxy) is 1. The number of carbonyl (C=O) groups excluding carboxylic acids is 1. The quantitative estimate of drug-likeness (QED) is 0.0713. The van der Waals surface area contributed by atoms with Crippen molar-refractivity contribution >= 4 is 40.2 Å². The van der Waals surface area contributed by atoms with E-state index in [-0.39, 0.29) is 59.7 Å². The number of phenols is 1. The molecule has 4 aromatic rings. The fourth-order valence-corrected chi connectivity index (χ4v) is 7.96. The summed E-state index contributed by atoms with van der Waals surface area (Å²) in [6.07, 6.45) is 8.51. The molecule has 12 nitrogen and oxygen atoms in total. The molecule has 0 spiro atoms. The lowest BCUT2D eigenvalue weighted by molar-refractivity contribution is -0.116. The van der Waals surface area contributed by atoms with Crippen LogP contribution in [0, 0.1) is 0 Å². The second-order valence-electron chi connectivity index (χ2n) is 14.6. The number of nitrogens with two attached hydrogens (primary N) is 1. The zero-order chi connectivity index (χ0) is 39.3. The zero-order valence-electron chi connectivity index (χ0n) is 31.0. The summed E-state index contributed by atoms with van der Waals surface area (Å²) >= 11 is 6.65. The summed E-state index contributed by atoms with van der Waals surface area (Å²) in [5, 5.41) is 38.6. The van der Waals surface area contributed by atoms with Crippen LogP contribution in [0.3, 0.4) is 0 Å². The number of nitrogens with one attached hydrogen (secondary N) is 3. The molecule has 0 unspecified atom stereocenters. The van der Waals surface area contributed by atoms with Gasteiger partial charge in [0.2, 0.25) is 11.5 Å². The van der Waals surface area contributed by atoms with Gasteiger partial charge in [-0.1, -0.05) is 79.4 Å². The fourth-order valence-electron chi connectivity index (χ4n) is 7.72. The van der Waals surface area contributed by atoms with Crippen LogP contribution in [0.15, 0.2) is 95.4 Å². The highest BCUT2D eigenvalue weighted by Gasteiger charge is 2.43. The molecule has 55 heavy (non-hydrogen) atoms. The second kappa shape index (κ2) is 16.7. The number of aromatic hydroxyl groups is 1. The van der Waals surface area contributed by atoms with Gasteiger partial charge in [0.05, 0.1) is 40.4 Å². The topological polar surface area (TPSA) is 190 Å². The Labute approximate surface area is 324 Å². The number of nitrogens with zero attached hydrogens (tertiary/aromatic N) is 1. The number of hydrogen-bond acceptors (Lipinski definition) is 8. The lowest BCUT2D eigenvalue weighted by Gasteiger charge is -2.45. The van der Waals surface area contributed by atoms with Crippen LogP contribution in [-0.4, -0.2) is 62.4 Å². The first-order chi connectivity index (χ1) is 26.3. The van der Waals surface area contributed by atoms with Crippen molar-refractivity contribution in [3.8, 4) is 11.5 Å². The van der Waals surface area contributed by atoms with Crippen LogP contribution in [0.2, 0.25) is 5.02 Å². The molecular weight excluding hydrogens is 722 g/mol. The Bertz CT molecular complexity index is 2170. The van der Waals surface area contributed by atoms with Crippen molar-refractivity contribution in [2.24, 2.45) is 5.73 Å². The van der Waals surface area contributed by atoms with Gasteiger partial charge in [0.1, 0.15) is 11.5 Å². The highest BCUT2D eigenvalue weighted by Crippen LogP contribution is 2.43. The zero-order valence-corrected chi connectivity index (χ0v) is 31.7. The Morgan fingerprint density at radius 3 is 2.53 bits per heavy atom. The number of fused-ring (bicyclic) bond motifs is 1. The van der Waals surface area contributed by atoms with Gasteiger partial charge >= 0.3 is 6.09 Å². The van der Waals surface area contributed by atoms with Crippen molar-refractivity contribution in [3.05, 3.63) is 123 Å². The number of pyridine rings is 1. The Morgan fingerprint density at radius 1 is 1.07 bits per heavy atom. The Balaban J connectivity index is 1.13. The monoisotopic (exact) mass is 769 g/mol. The van der Waals surface area contributed by atoms with E-state index < -0.39 is 23.2 Å². The minimum absolute atomic E-state index is 0.0306. The molecule has 0 bridgehead atoms. The minimum Gasteiger partial charge on any atom is -0.506 e. The molecule has 6 rings (SSSR count). The number of methoxy groups -OCH3 is 1. The summed E-state index contributed by atoms with van der Waals surface area (Å²) in [5.41, 5.74) is 8.10. The summed E-state index contributed by atoms with van der Waals surface area (Å²) in [6.45, 7) is 2.42. The average molecular weight is 770 g/mol. The molecule has 2 aliphatic rings. The van der Waals surface area contributed by atoms with E-state index in [9.17, 15) is 29.7 Å². The third-order valence-electron chi connectivity index (χ3n) is 10.8. The molecule has 290 valence electrons. The van der Waals surface area contributed by atoms with Crippen LogP contribution in [0.5, 0.6) is 11.5 Å². The Hall–Kier alpha value is -5.14. The van der Waals surface area contributed by atoms with Gasteiger partial charge in [-0.05, 0) is 61.6 Å². The van der Waals surface area contributed by atoms with Crippen LogP contribution in [0.25, 0.3) is 10.9 Å². The third kappa shape index (κ3) is 8.73. The number of phenolic OH excluding ortho intramolecular Hbond substituents is 1. The maximum Gasteiger partial charge on any atom is 0.411 e. The van der Waals surface area contributed by atoms with E-state index >= 15 is 0 Å². The second-order valence-corrected chi connectivity index (χ2v) is 15.0. The normalized spacial score (nSPS) is 20.5. The molecule has 1 heterocycles. The Morgan fingerprint density at radius 2 is 1.82 bits per heavy atom. The number of benzene rings is 3. The summed E-state index contributed by atoms with van der Waals surface area (Å²) < 4.78 is 5.61. The molecule has 2 aliphatic carbocycles. The van der Waals surface area contributed by atoms with E-state index in [4.69, 9.17) is 22.1 Å². The molecule has 3 atom stereocenters. The molecule has 1 saturated carbocycles. The van der Waals surface area contributed by atoms with E-state index in [0.717, 1.165) is 37.7 Å². The number of halogens is 1. The number of aliphatic hydroxyl groups excluding tert-OH is 1. The van der Waals surface area contributed by atoms with Crippen LogP contribution in [0.4, 0.5) is 10.5 Å². The van der Waals surface area contributed by atoms with Crippen LogP contribution in [-0.2, 0) is 16.8 Å². The van der Waals surface area contributed by atoms with Crippen molar-refractivity contribution in [1.29, 1.82) is 0 Å². The predicted octanol–water partition coefficient (Wildman–Crippen LogP) is 6.86. The largest absolute Gasteiger partial charge is 0.506 e. The lowest BCUT2D eigenvalue weighted by atomic mass is 9.71. The summed E-state index contributed by atoms with van der Waals surface area (Å²) in [6, 6.07) is 18.9. The first-order valence-electron chi connectivity index (χ1n) is 18.5. The maximum absolute atomic E-state index is 13.4. The predicted molar refractivity (Wildman–Crippen MR) is 213 cm³/mol. The first kappa shape index (κ1) is 39.6. The lowest BCUT2D eigenvalue weighted by Crippen LogP contribution is -2.50. The Kier molecular flexibility index (Phi) is 12.0. The summed E-state index contributed by atoms with van der Waals surface area (Å²) in [4.78, 5) is 42.2. The van der Waals surface area contributed by atoms with E-state index in [1.54, 1.807) is 24.3 Å². The van der Waals surface area contributed by atoms with Gasteiger partial charge in [-0.25, -0.2) is 4.79 Å². The number of aromatic amines is 1. The van der Waals surface area contributed by atoms with Gasteiger partial charge < -0.3 is 41.4 Å². The molecule has 0 radical (unpaired) electrons. The van der Waals surface area contributed by atoms with Gasteiger partial charge in [-0.3, -0.25) is 14.5 Å². The molecular formula is C42H48ClN5O7. The van der Waals surface area contributed by atoms with Crippen molar-refractivity contribution in [1.82, 2.24) is 15.2 Å². The third-order valence-corrected chi connectivity index (χ3v) is 11.1. The van der Waals surface area contributed by atoms with Gasteiger partial charge in [0.25, 0.3) is 0 Å². The number of aromatic nitrogens is 1. The van der Waals surface area contributed by atoms with E-state index in [1.165, 1.54) is 24.1 Å². The van der Waals surface area contributed by atoms with E-state index in [1.807, 2.05) is 55.5 Å². The molecule has 1 aromatic heterocycles. The van der Waals surface area contributed by atoms with Crippen LogP contribution >= 0.6 is 11.6 Å². The fraction of sp³-hybridized carbons (Fsp3) is 0.357. The first-order valence-corrected chi connectivity index (χ1v) is 18.9. The van der Waals surface area contributed by atoms with Crippen LogP contribution < -0.4 is 26.7 Å². The number of carbonyl (C=O) groups is 2. The maximum atomic E-state index is 13.4.